The molecule has 0 saturated carbocycles. The van der Waals surface area contributed by atoms with E-state index in [1.807, 2.05) is 20.1 Å². The van der Waals surface area contributed by atoms with Crippen LogP contribution in [0.25, 0.3) is 0 Å². The van der Waals surface area contributed by atoms with Crippen molar-refractivity contribution in [3.8, 4) is 0 Å². The van der Waals surface area contributed by atoms with Crippen LogP contribution >= 0.6 is 11.8 Å². The predicted molar refractivity (Wildman–Crippen MR) is 69.9 cm³/mol. The van der Waals surface area contributed by atoms with Gasteiger partial charge in [-0.1, -0.05) is 13.8 Å². The number of rotatable bonds is 8. The quantitative estimate of drug-likeness (QED) is 0.594. The third-order valence-electron chi connectivity index (χ3n) is 2.59. The number of amides is 1. The molecule has 0 aliphatic carbocycles. The van der Waals surface area contributed by atoms with Gasteiger partial charge in [-0.15, -0.1) is 0 Å². The number of hydrogen-bond donors (Lipinski definition) is 3. The first kappa shape index (κ1) is 16.2. The van der Waals surface area contributed by atoms with Gasteiger partial charge < -0.3 is 16.2 Å². The minimum Gasteiger partial charge on any atom is -0.481 e. The van der Waals surface area contributed by atoms with E-state index in [2.05, 4.69) is 5.32 Å². The number of carbonyl (C=O) groups is 2. The average molecular weight is 262 g/mol. The fraction of sp³-hybridized carbons (Fsp3) is 0.818. The number of carboxylic acid groups (broad SMARTS) is 1. The highest BCUT2D eigenvalue weighted by atomic mass is 32.2. The summed E-state index contributed by atoms with van der Waals surface area (Å²) in [5.74, 6) is -0.924. The third kappa shape index (κ3) is 6.53. The topological polar surface area (TPSA) is 92.4 Å². The minimum absolute atomic E-state index is 0.0183. The first-order valence-electron chi connectivity index (χ1n) is 5.65. The van der Waals surface area contributed by atoms with Crippen LogP contribution in [0.4, 0.5) is 0 Å². The summed E-state index contributed by atoms with van der Waals surface area (Å²) in [6, 6.07) is -0.552. The van der Waals surface area contributed by atoms with E-state index >= 15 is 0 Å². The van der Waals surface area contributed by atoms with Crippen molar-refractivity contribution in [2.75, 3.05) is 18.6 Å². The molecular weight excluding hydrogens is 240 g/mol. The van der Waals surface area contributed by atoms with Crippen LogP contribution in [0.1, 0.15) is 20.3 Å². The van der Waals surface area contributed by atoms with Crippen molar-refractivity contribution in [1.82, 2.24) is 5.32 Å². The van der Waals surface area contributed by atoms with Gasteiger partial charge in [-0.05, 0) is 24.3 Å². The molecule has 0 aromatic heterocycles. The Labute approximate surface area is 107 Å². The second-order valence-electron chi connectivity index (χ2n) is 4.32. The summed E-state index contributed by atoms with van der Waals surface area (Å²) >= 11 is 1.63. The maximum atomic E-state index is 11.6. The van der Waals surface area contributed by atoms with Crippen molar-refractivity contribution in [3.63, 3.8) is 0 Å². The molecule has 0 saturated heterocycles. The molecule has 0 radical (unpaired) electrons. The number of nitrogens with two attached hydrogens (primary N) is 1. The lowest BCUT2D eigenvalue weighted by Crippen LogP contribution is -2.44. The largest absolute Gasteiger partial charge is 0.481 e. The molecule has 0 spiro atoms. The number of nitrogens with one attached hydrogen (secondary N) is 1. The molecule has 0 bridgehead atoms. The smallest absolute Gasteiger partial charge is 0.308 e. The van der Waals surface area contributed by atoms with Gasteiger partial charge in [-0.3, -0.25) is 9.59 Å². The third-order valence-corrected chi connectivity index (χ3v) is 3.23. The number of carboxylic acids is 1. The van der Waals surface area contributed by atoms with Gasteiger partial charge in [0.15, 0.2) is 0 Å². The summed E-state index contributed by atoms with van der Waals surface area (Å²) in [6.07, 6.45) is 2.55. The van der Waals surface area contributed by atoms with E-state index in [9.17, 15) is 9.59 Å². The summed E-state index contributed by atoms with van der Waals surface area (Å²) in [6.45, 7) is 3.77. The molecular formula is C11H22N2O3S. The molecule has 0 fully saturated rings. The van der Waals surface area contributed by atoms with Gasteiger partial charge in [0.05, 0.1) is 12.0 Å². The SMILES string of the molecule is CSCC[C@H](N)C(=O)NCC(C(=O)O)C(C)C. The maximum absolute atomic E-state index is 11.6. The van der Waals surface area contributed by atoms with Gasteiger partial charge in [-0.25, -0.2) is 0 Å². The molecule has 1 amide bonds. The Kier molecular flexibility index (Phi) is 7.99. The van der Waals surface area contributed by atoms with Crippen molar-refractivity contribution in [2.24, 2.45) is 17.6 Å². The fourth-order valence-corrected chi connectivity index (χ4v) is 1.82. The van der Waals surface area contributed by atoms with Crippen LogP contribution in [0.2, 0.25) is 0 Å². The molecule has 6 heteroatoms. The Hall–Kier alpha value is -0.750. The average Bonchev–Trinajstić information content (AvgIpc) is 2.24. The van der Waals surface area contributed by atoms with Crippen molar-refractivity contribution >= 4 is 23.6 Å². The zero-order valence-corrected chi connectivity index (χ0v) is 11.4. The number of hydrogen-bond acceptors (Lipinski definition) is 4. The molecule has 0 aliphatic rings. The van der Waals surface area contributed by atoms with Gasteiger partial charge in [0.1, 0.15) is 0 Å². The molecule has 0 rings (SSSR count). The first-order valence-corrected chi connectivity index (χ1v) is 7.04. The lowest BCUT2D eigenvalue weighted by atomic mass is 9.96. The number of carbonyl (C=O) groups excluding carboxylic acids is 1. The van der Waals surface area contributed by atoms with E-state index in [1.54, 1.807) is 11.8 Å². The van der Waals surface area contributed by atoms with E-state index in [4.69, 9.17) is 10.8 Å². The van der Waals surface area contributed by atoms with Gasteiger partial charge in [0, 0.05) is 6.54 Å². The van der Waals surface area contributed by atoms with Gasteiger partial charge in [-0.2, -0.15) is 11.8 Å². The standard InChI is InChI=1S/C11H22N2O3S/c1-7(2)8(11(15)16)6-13-10(14)9(12)4-5-17-3/h7-9H,4-6,12H2,1-3H3,(H,13,14)(H,15,16)/t8?,9-/m0/s1. The monoisotopic (exact) mass is 262 g/mol. The van der Waals surface area contributed by atoms with E-state index < -0.39 is 17.9 Å². The molecule has 1 unspecified atom stereocenters. The predicted octanol–water partition coefficient (Wildman–Crippen LogP) is 0.540. The second-order valence-corrected chi connectivity index (χ2v) is 5.31. The molecule has 0 aliphatic heterocycles. The molecule has 0 heterocycles. The van der Waals surface area contributed by atoms with E-state index in [0.29, 0.717) is 6.42 Å². The number of thioether (sulfide) groups is 1. The van der Waals surface area contributed by atoms with Crippen LogP contribution in [0, 0.1) is 11.8 Å². The van der Waals surface area contributed by atoms with Crippen molar-refractivity contribution < 1.29 is 14.7 Å². The highest BCUT2D eigenvalue weighted by Crippen LogP contribution is 2.09. The second kappa shape index (κ2) is 8.36. The van der Waals surface area contributed by atoms with Crippen molar-refractivity contribution in [2.45, 2.75) is 26.3 Å². The first-order chi connectivity index (χ1) is 7.90. The van der Waals surface area contributed by atoms with Crippen LogP contribution in [0.15, 0.2) is 0 Å². The Morgan fingerprint density at radius 2 is 2.00 bits per heavy atom. The zero-order valence-electron chi connectivity index (χ0n) is 10.6. The van der Waals surface area contributed by atoms with Crippen molar-refractivity contribution in [1.29, 1.82) is 0 Å². The molecule has 2 atom stereocenters. The Morgan fingerprint density at radius 3 is 2.41 bits per heavy atom. The summed E-state index contributed by atoms with van der Waals surface area (Å²) < 4.78 is 0. The number of aliphatic carboxylic acids is 1. The normalized spacial score (nSPS) is 14.4. The molecule has 5 nitrogen and oxygen atoms in total. The summed E-state index contributed by atoms with van der Waals surface area (Å²) in [5, 5.41) is 11.6. The van der Waals surface area contributed by atoms with E-state index in [0.717, 1.165) is 5.75 Å². The molecule has 100 valence electrons. The van der Waals surface area contributed by atoms with E-state index in [1.165, 1.54) is 0 Å². The highest BCUT2D eigenvalue weighted by molar-refractivity contribution is 7.98. The Balaban J connectivity index is 4.08. The Morgan fingerprint density at radius 1 is 1.41 bits per heavy atom. The van der Waals surface area contributed by atoms with Crippen LogP contribution in [-0.2, 0) is 9.59 Å². The van der Waals surface area contributed by atoms with Crippen LogP contribution in [-0.4, -0.2) is 41.6 Å². The lowest BCUT2D eigenvalue weighted by Gasteiger charge is -2.18. The Bertz CT molecular complexity index is 259. The van der Waals surface area contributed by atoms with Gasteiger partial charge in [0.2, 0.25) is 5.91 Å². The van der Waals surface area contributed by atoms with Crippen LogP contribution in [0.3, 0.4) is 0 Å². The van der Waals surface area contributed by atoms with Crippen molar-refractivity contribution in [3.05, 3.63) is 0 Å². The fourth-order valence-electron chi connectivity index (χ4n) is 1.33. The minimum atomic E-state index is -0.891. The van der Waals surface area contributed by atoms with Gasteiger partial charge >= 0.3 is 5.97 Å². The highest BCUT2D eigenvalue weighted by Gasteiger charge is 2.23. The molecule has 17 heavy (non-hydrogen) atoms. The van der Waals surface area contributed by atoms with Crippen LogP contribution < -0.4 is 11.1 Å². The van der Waals surface area contributed by atoms with Crippen LogP contribution in [0.5, 0.6) is 0 Å². The summed E-state index contributed by atoms with van der Waals surface area (Å²) in [5.41, 5.74) is 5.67. The van der Waals surface area contributed by atoms with E-state index in [-0.39, 0.29) is 18.4 Å². The zero-order chi connectivity index (χ0) is 13.4. The lowest BCUT2D eigenvalue weighted by molar-refractivity contribution is -0.143. The molecule has 0 aromatic carbocycles. The molecule has 4 N–H and O–H groups in total. The maximum Gasteiger partial charge on any atom is 0.308 e. The summed E-state index contributed by atoms with van der Waals surface area (Å²) in [4.78, 5) is 22.5. The summed E-state index contributed by atoms with van der Waals surface area (Å²) in [7, 11) is 0. The molecule has 0 aromatic rings. The van der Waals surface area contributed by atoms with Gasteiger partial charge in [0.25, 0.3) is 0 Å².